The lowest BCUT2D eigenvalue weighted by atomic mass is 10.1. The molecule has 3 rings (SSSR count). The van der Waals surface area contributed by atoms with Crippen molar-refractivity contribution in [3.63, 3.8) is 0 Å². The van der Waals surface area contributed by atoms with E-state index in [0.29, 0.717) is 23.0 Å². The fraction of sp³-hybridized carbons (Fsp3) is 0.312. The standard InChI is InChI=1S/C16H14ClF3N4O/c1-9-6-13(16(18,19)20)23-24(9)10(2)15-22-21-14(25-15)8-11-4-3-5-12(17)7-11/h3-7,10H,8H2,1-2H3. The summed E-state index contributed by atoms with van der Waals surface area (Å²) < 4.78 is 45.2. The molecule has 1 aromatic carbocycles. The fourth-order valence-corrected chi connectivity index (χ4v) is 2.66. The lowest BCUT2D eigenvalue weighted by Crippen LogP contribution is -2.13. The highest BCUT2D eigenvalue weighted by Crippen LogP contribution is 2.30. The van der Waals surface area contributed by atoms with Gasteiger partial charge in [-0.25, -0.2) is 0 Å². The highest BCUT2D eigenvalue weighted by molar-refractivity contribution is 6.30. The number of benzene rings is 1. The zero-order chi connectivity index (χ0) is 18.2. The average Bonchev–Trinajstić information content (AvgIpc) is 3.13. The maximum Gasteiger partial charge on any atom is 0.435 e. The van der Waals surface area contributed by atoms with Crippen molar-refractivity contribution in [3.8, 4) is 0 Å². The van der Waals surface area contributed by atoms with E-state index in [4.69, 9.17) is 16.0 Å². The van der Waals surface area contributed by atoms with E-state index in [0.717, 1.165) is 11.6 Å². The molecule has 0 aliphatic carbocycles. The normalized spacial score (nSPS) is 13.2. The minimum Gasteiger partial charge on any atom is -0.423 e. The molecule has 9 heteroatoms. The number of hydrogen-bond donors (Lipinski definition) is 0. The number of rotatable bonds is 4. The lowest BCUT2D eigenvalue weighted by molar-refractivity contribution is -0.141. The highest BCUT2D eigenvalue weighted by Gasteiger charge is 2.35. The lowest BCUT2D eigenvalue weighted by Gasteiger charge is -2.10. The Morgan fingerprint density at radius 2 is 2.00 bits per heavy atom. The van der Waals surface area contributed by atoms with Crippen molar-refractivity contribution >= 4 is 11.6 Å². The molecule has 3 aromatic rings. The van der Waals surface area contributed by atoms with Crippen LogP contribution in [0.15, 0.2) is 34.7 Å². The summed E-state index contributed by atoms with van der Waals surface area (Å²) in [7, 11) is 0. The molecule has 1 atom stereocenters. The van der Waals surface area contributed by atoms with E-state index in [1.54, 1.807) is 26.0 Å². The number of nitrogens with zero attached hydrogens (tertiary/aromatic N) is 4. The molecule has 0 aliphatic rings. The van der Waals surface area contributed by atoms with Crippen molar-refractivity contribution in [2.45, 2.75) is 32.5 Å². The third kappa shape index (κ3) is 3.84. The summed E-state index contributed by atoms with van der Waals surface area (Å²) in [5.41, 5.74) is 0.301. The molecule has 0 fully saturated rings. The van der Waals surface area contributed by atoms with Crippen molar-refractivity contribution in [3.05, 3.63) is 64.1 Å². The number of halogens is 4. The molecule has 0 aliphatic heterocycles. The van der Waals surface area contributed by atoms with E-state index in [9.17, 15) is 13.2 Å². The first-order chi connectivity index (χ1) is 11.7. The first-order valence-corrected chi connectivity index (χ1v) is 7.82. The second kappa shape index (κ2) is 6.51. The summed E-state index contributed by atoms with van der Waals surface area (Å²) in [5.74, 6) is 0.543. The van der Waals surface area contributed by atoms with Gasteiger partial charge in [0.25, 0.3) is 0 Å². The molecule has 2 aromatic heterocycles. The SMILES string of the molecule is Cc1cc(C(F)(F)F)nn1C(C)c1nnc(Cc2cccc(Cl)c2)o1. The van der Waals surface area contributed by atoms with E-state index in [1.165, 1.54) is 4.68 Å². The van der Waals surface area contributed by atoms with Crippen LogP contribution >= 0.6 is 11.6 Å². The van der Waals surface area contributed by atoms with Crippen molar-refractivity contribution in [1.82, 2.24) is 20.0 Å². The Hall–Kier alpha value is -2.35. The van der Waals surface area contributed by atoms with Crippen LogP contribution < -0.4 is 0 Å². The molecule has 0 N–H and O–H groups in total. The Morgan fingerprint density at radius 3 is 2.64 bits per heavy atom. The largest absolute Gasteiger partial charge is 0.435 e. The summed E-state index contributed by atoms with van der Waals surface area (Å²) in [6.45, 7) is 3.19. The Kier molecular flexibility index (Phi) is 4.55. The minimum atomic E-state index is -4.50. The molecule has 0 bridgehead atoms. The van der Waals surface area contributed by atoms with Gasteiger partial charge >= 0.3 is 6.18 Å². The number of aromatic nitrogens is 4. The van der Waals surface area contributed by atoms with Crippen LogP contribution in [0.25, 0.3) is 0 Å². The monoisotopic (exact) mass is 370 g/mol. The highest BCUT2D eigenvalue weighted by atomic mass is 35.5. The van der Waals surface area contributed by atoms with Crippen molar-refractivity contribution in [2.75, 3.05) is 0 Å². The Bertz CT molecular complexity index is 888. The molecule has 0 radical (unpaired) electrons. The van der Waals surface area contributed by atoms with Crippen LogP contribution in [-0.4, -0.2) is 20.0 Å². The van der Waals surface area contributed by atoms with E-state index in [1.807, 2.05) is 12.1 Å². The molecular formula is C16H14ClF3N4O. The van der Waals surface area contributed by atoms with Gasteiger partial charge in [-0.3, -0.25) is 4.68 Å². The van der Waals surface area contributed by atoms with E-state index in [2.05, 4.69) is 15.3 Å². The van der Waals surface area contributed by atoms with E-state index in [-0.39, 0.29) is 5.89 Å². The molecule has 5 nitrogen and oxygen atoms in total. The molecule has 0 amide bonds. The van der Waals surface area contributed by atoms with Crippen molar-refractivity contribution in [1.29, 1.82) is 0 Å². The topological polar surface area (TPSA) is 56.7 Å². The first kappa shape index (κ1) is 17.5. The first-order valence-electron chi connectivity index (χ1n) is 7.44. The number of alkyl halides is 3. The van der Waals surface area contributed by atoms with Gasteiger partial charge in [0.15, 0.2) is 5.69 Å². The smallest absolute Gasteiger partial charge is 0.423 e. The van der Waals surface area contributed by atoms with Gasteiger partial charge in [-0.05, 0) is 37.6 Å². The molecule has 0 saturated heterocycles. The van der Waals surface area contributed by atoms with Gasteiger partial charge in [-0.2, -0.15) is 18.3 Å². The van der Waals surface area contributed by atoms with Gasteiger partial charge in [0, 0.05) is 10.7 Å². The van der Waals surface area contributed by atoms with Gasteiger partial charge in [0.05, 0.1) is 6.42 Å². The van der Waals surface area contributed by atoms with Crippen molar-refractivity contribution < 1.29 is 17.6 Å². The third-order valence-corrected chi connectivity index (χ3v) is 3.90. The van der Waals surface area contributed by atoms with Crippen LogP contribution in [0.5, 0.6) is 0 Å². The molecule has 1 unspecified atom stereocenters. The van der Waals surface area contributed by atoms with Gasteiger partial charge in [0.2, 0.25) is 11.8 Å². The molecular weight excluding hydrogens is 357 g/mol. The van der Waals surface area contributed by atoms with Crippen LogP contribution in [0.4, 0.5) is 13.2 Å². The van der Waals surface area contributed by atoms with Crippen molar-refractivity contribution in [2.24, 2.45) is 0 Å². The summed E-state index contributed by atoms with van der Waals surface area (Å²) in [5, 5.41) is 12.1. The molecule has 2 heterocycles. The van der Waals surface area contributed by atoms with Crippen LogP contribution in [-0.2, 0) is 12.6 Å². The Labute approximate surface area is 146 Å². The quantitative estimate of drug-likeness (QED) is 0.681. The molecule has 25 heavy (non-hydrogen) atoms. The van der Waals surface area contributed by atoms with Gasteiger partial charge in [-0.1, -0.05) is 23.7 Å². The summed E-state index contributed by atoms with van der Waals surface area (Å²) in [6, 6.07) is 7.58. The summed E-state index contributed by atoms with van der Waals surface area (Å²) in [4.78, 5) is 0. The van der Waals surface area contributed by atoms with Gasteiger partial charge in [-0.15, -0.1) is 10.2 Å². The predicted molar refractivity (Wildman–Crippen MR) is 84.3 cm³/mol. The second-order valence-electron chi connectivity index (χ2n) is 5.63. The summed E-state index contributed by atoms with van der Waals surface area (Å²) in [6.07, 6.45) is -4.12. The van der Waals surface area contributed by atoms with Crippen LogP contribution in [0.3, 0.4) is 0 Å². The van der Waals surface area contributed by atoms with Crippen LogP contribution in [0.1, 0.15) is 41.7 Å². The Morgan fingerprint density at radius 1 is 1.24 bits per heavy atom. The van der Waals surface area contributed by atoms with E-state index < -0.39 is 17.9 Å². The van der Waals surface area contributed by atoms with Crippen LogP contribution in [0.2, 0.25) is 5.02 Å². The van der Waals surface area contributed by atoms with Gasteiger partial charge in [0.1, 0.15) is 6.04 Å². The number of aryl methyl sites for hydroxylation is 1. The summed E-state index contributed by atoms with van der Waals surface area (Å²) >= 11 is 5.93. The maximum absolute atomic E-state index is 12.8. The third-order valence-electron chi connectivity index (χ3n) is 3.66. The Balaban J connectivity index is 1.81. The maximum atomic E-state index is 12.8. The minimum absolute atomic E-state index is 0.192. The molecule has 132 valence electrons. The van der Waals surface area contributed by atoms with Gasteiger partial charge < -0.3 is 4.42 Å². The number of hydrogen-bond acceptors (Lipinski definition) is 4. The molecule has 0 saturated carbocycles. The zero-order valence-corrected chi connectivity index (χ0v) is 14.1. The molecule has 0 spiro atoms. The fourth-order valence-electron chi connectivity index (χ4n) is 2.45. The second-order valence-corrected chi connectivity index (χ2v) is 6.07. The average molecular weight is 371 g/mol. The van der Waals surface area contributed by atoms with E-state index >= 15 is 0 Å². The predicted octanol–water partition coefficient (Wildman–Crippen LogP) is 4.45. The van der Waals surface area contributed by atoms with Crippen LogP contribution in [0, 0.1) is 6.92 Å². The zero-order valence-electron chi connectivity index (χ0n) is 13.4.